The molecule has 34 heavy (non-hydrogen) atoms. The van der Waals surface area contributed by atoms with Gasteiger partial charge in [0.05, 0.1) is 11.1 Å². The highest BCUT2D eigenvalue weighted by molar-refractivity contribution is 6.26. The quantitative estimate of drug-likeness (QED) is 0.343. The number of aromatic nitrogens is 2. The Balaban J connectivity index is 1.94. The van der Waals surface area contributed by atoms with Crippen LogP contribution in [-0.4, -0.2) is 43.9 Å². The molecule has 2 heterocycles. The van der Waals surface area contributed by atoms with Gasteiger partial charge in [-0.25, -0.2) is 9.59 Å². The van der Waals surface area contributed by atoms with Gasteiger partial charge in [0.25, 0.3) is 11.8 Å². The fourth-order valence-corrected chi connectivity index (χ4v) is 3.50. The lowest BCUT2D eigenvalue weighted by Gasteiger charge is -2.16. The standard InChI is InChI=1S/C24H16N4O6/c29-21(27-13-5-9-25-10-6-13)15-1-2-16(22(30)28-14-7-11-26-12-8-14)20-18(24(33)34)4-3-17(19(15)20)23(31)32/h1-12H,(H,31,32)(H,33,34)(H,25,27,29)(H,26,28,30). The number of anilines is 2. The number of hydrogen-bond acceptors (Lipinski definition) is 6. The Kier molecular flexibility index (Phi) is 5.95. The third-order valence-corrected chi connectivity index (χ3v) is 4.99. The highest BCUT2D eigenvalue weighted by atomic mass is 16.4. The first-order valence-electron chi connectivity index (χ1n) is 9.86. The molecule has 4 aromatic rings. The molecule has 168 valence electrons. The molecule has 0 saturated carbocycles. The smallest absolute Gasteiger partial charge is 0.336 e. The van der Waals surface area contributed by atoms with Crippen molar-refractivity contribution in [3.05, 3.63) is 95.6 Å². The number of pyridine rings is 2. The largest absolute Gasteiger partial charge is 0.478 e. The van der Waals surface area contributed by atoms with Crippen LogP contribution in [0.4, 0.5) is 11.4 Å². The Labute approximate surface area is 191 Å². The van der Waals surface area contributed by atoms with Gasteiger partial charge in [0.2, 0.25) is 0 Å². The summed E-state index contributed by atoms with van der Waals surface area (Å²) in [4.78, 5) is 57.9. The van der Waals surface area contributed by atoms with Gasteiger partial charge >= 0.3 is 11.9 Å². The number of carbonyl (C=O) groups excluding carboxylic acids is 2. The average molecular weight is 456 g/mol. The number of nitrogens with zero attached hydrogens (tertiary/aromatic N) is 2. The Morgan fingerprint density at radius 3 is 1.18 bits per heavy atom. The van der Waals surface area contributed by atoms with Gasteiger partial charge in [-0.15, -0.1) is 0 Å². The molecule has 0 saturated heterocycles. The molecular weight excluding hydrogens is 440 g/mol. The van der Waals surface area contributed by atoms with Crippen LogP contribution in [0.2, 0.25) is 0 Å². The molecule has 2 amide bonds. The molecule has 0 atom stereocenters. The topological polar surface area (TPSA) is 159 Å². The molecule has 4 N–H and O–H groups in total. The zero-order chi connectivity index (χ0) is 24.2. The minimum Gasteiger partial charge on any atom is -0.478 e. The van der Waals surface area contributed by atoms with E-state index in [4.69, 9.17) is 0 Å². The number of carboxylic acids is 2. The number of fused-ring (bicyclic) bond motifs is 1. The Hall–Kier alpha value is -5.12. The van der Waals surface area contributed by atoms with E-state index in [0.717, 1.165) is 12.1 Å². The summed E-state index contributed by atoms with van der Waals surface area (Å²) in [5.41, 5.74) is -0.0460. The molecule has 4 rings (SSSR count). The van der Waals surface area contributed by atoms with Crippen molar-refractivity contribution < 1.29 is 29.4 Å². The van der Waals surface area contributed by atoms with Gasteiger partial charge in [0, 0.05) is 58.1 Å². The number of carbonyl (C=O) groups is 4. The predicted molar refractivity (Wildman–Crippen MR) is 122 cm³/mol. The molecule has 0 aliphatic carbocycles. The fourth-order valence-electron chi connectivity index (χ4n) is 3.50. The maximum Gasteiger partial charge on any atom is 0.336 e. The van der Waals surface area contributed by atoms with Gasteiger partial charge in [-0.3, -0.25) is 19.6 Å². The van der Waals surface area contributed by atoms with E-state index in [1.807, 2.05) is 0 Å². The molecule has 0 unspecified atom stereocenters. The molecular formula is C24H16N4O6. The highest BCUT2D eigenvalue weighted by Crippen LogP contribution is 2.31. The van der Waals surface area contributed by atoms with Gasteiger partial charge in [0.1, 0.15) is 0 Å². The molecule has 10 nitrogen and oxygen atoms in total. The van der Waals surface area contributed by atoms with Crippen molar-refractivity contribution in [2.75, 3.05) is 10.6 Å². The Morgan fingerprint density at radius 1 is 0.529 bits per heavy atom. The number of rotatable bonds is 6. The summed E-state index contributed by atoms with van der Waals surface area (Å²) in [6, 6.07) is 10.9. The van der Waals surface area contributed by atoms with Crippen molar-refractivity contribution in [2.24, 2.45) is 0 Å². The van der Waals surface area contributed by atoms with E-state index in [-0.39, 0.29) is 33.0 Å². The molecule has 0 fully saturated rings. The molecule has 2 aromatic heterocycles. The van der Waals surface area contributed by atoms with Gasteiger partial charge in [0.15, 0.2) is 0 Å². The summed E-state index contributed by atoms with van der Waals surface area (Å²) in [6.45, 7) is 0. The molecule has 10 heteroatoms. The second-order valence-electron chi connectivity index (χ2n) is 7.06. The van der Waals surface area contributed by atoms with E-state index in [1.165, 1.54) is 61.2 Å². The number of aromatic carboxylic acids is 2. The lowest BCUT2D eigenvalue weighted by Crippen LogP contribution is -2.18. The van der Waals surface area contributed by atoms with Crippen LogP contribution in [0, 0.1) is 0 Å². The summed E-state index contributed by atoms with van der Waals surface area (Å²) < 4.78 is 0. The van der Waals surface area contributed by atoms with Crippen LogP contribution in [0.3, 0.4) is 0 Å². The molecule has 0 radical (unpaired) electrons. The van der Waals surface area contributed by atoms with Crippen molar-refractivity contribution in [3.63, 3.8) is 0 Å². The Bertz CT molecular complexity index is 1330. The van der Waals surface area contributed by atoms with Crippen molar-refractivity contribution in [3.8, 4) is 0 Å². The second-order valence-corrected chi connectivity index (χ2v) is 7.06. The average Bonchev–Trinajstić information content (AvgIpc) is 2.83. The van der Waals surface area contributed by atoms with Crippen LogP contribution >= 0.6 is 0 Å². The van der Waals surface area contributed by atoms with Crippen LogP contribution in [-0.2, 0) is 0 Å². The second kappa shape index (κ2) is 9.17. The molecule has 0 aliphatic heterocycles. The van der Waals surface area contributed by atoms with E-state index in [0.29, 0.717) is 11.4 Å². The third kappa shape index (κ3) is 4.28. The number of benzene rings is 2. The molecule has 0 spiro atoms. The maximum atomic E-state index is 13.1. The van der Waals surface area contributed by atoms with E-state index < -0.39 is 23.8 Å². The summed E-state index contributed by atoms with van der Waals surface area (Å²) in [7, 11) is 0. The van der Waals surface area contributed by atoms with E-state index >= 15 is 0 Å². The van der Waals surface area contributed by atoms with Gasteiger partial charge in [-0.05, 0) is 48.5 Å². The lowest BCUT2D eigenvalue weighted by atomic mass is 9.90. The number of hydrogen-bond donors (Lipinski definition) is 4. The third-order valence-electron chi connectivity index (χ3n) is 4.99. The highest BCUT2D eigenvalue weighted by Gasteiger charge is 2.25. The number of carboxylic acid groups (broad SMARTS) is 2. The van der Waals surface area contributed by atoms with Gasteiger partial charge in [-0.2, -0.15) is 0 Å². The van der Waals surface area contributed by atoms with Crippen LogP contribution in [0.5, 0.6) is 0 Å². The summed E-state index contributed by atoms with van der Waals surface area (Å²) in [5, 5.41) is 24.5. The number of nitrogens with one attached hydrogen (secondary N) is 2. The van der Waals surface area contributed by atoms with Crippen molar-refractivity contribution in [1.82, 2.24) is 9.97 Å². The normalized spacial score (nSPS) is 10.5. The SMILES string of the molecule is O=C(O)c1ccc(C(=O)O)c2c(C(=O)Nc3ccncc3)ccc(C(=O)Nc3ccncc3)c12. The van der Waals surface area contributed by atoms with Gasteiger partial charge < -0.3 is 20.8 Å². The van der Waals surface area contributed by atoms with Gasteiger partial charge in [-0.1, -0.05) is 0 Å². The predicted octanol–water partition coefficient (Wildman–Crippen LogP) is 3.53. The first kappa shape index (κ1) is 22.1. The van der Waals surface area contributed by atoms with Crippen molar-refractivity contribution >= 4 is 45.9 Å². The number of amides is 2. The molecule has 0 aliphatic rings. The van der Waals surface area contributed by atoms with Crippen LogP contribution in [0.25, 0.3) is 10.8 Å². The zero-order valence-corrected chi connectivity index (χ0v) is 17.4. The minimum absolute atomic E-state index is 0.104. The molecule has 2 aromatic carbocycles. The van der Waals surface area contributed by atoms with E-state index in [1.54, 1.807) is 0 Å². The summed E-state index contributed by atoms with van der Waals surface area (Å²) >= 11 is 0. The van der Waals surface area contributed by atoms with E-state index in [9.17, 15) is 29.4 Å². The van der Waals surface area contributed by atoms with Crippen molar-refractivity contribution in [1.29, 1.82) is 0 Å². The Morgan fingerprint density at radius 2 is 0.853 bits per heavy atom. The first-order chi connectivity index (χ1) is 16.4. The zero-order valence-electron chi connectivity index (χ0n) is 17.4. The lowest BCUT2D eigenvalue weighted by molar-refractivity contribution is 0.0684. The molecule has 0 bridgehead atoms. The fraction of sp³-hybridized carbons (Fsp3) is 0. The first-order valence-corrected chi connectivity index (χ1v) is 9.86. The summed E-state index contributed by atoms with van der Waals surface area (Å²) in [6.07, 6.45) is 5.86. The minimum atomic E-state index is -1.38. The maximum absolute atomic E-state index is 13.1. The van der Waals surface area contributed by atoms with Crippen LogP contribution < -0.4 is 10.6 Å². The van der Waals surface area contributed by atoms with Crippen LogP contribution in [0.1, 0.15) is 41.4 Å². The van der Waals surface area contributed by atoms with Crippen LogP contribution in [0.15, 0.2) is 73.3 Å². The summed E-state index contributed by atoms with van der Waals surface area (Å²) in [5.74, 6) is -4.12. The van der Waals surface area contributed by atoms with E-state index in [2.05, 4.69) is 20.6 Å². The monoisotopic (exact) mass is 456 g/mol. The van der Waals surface area contributed by atoms with Crippen molar-refractivity contribution in [2.45, 2.75) is 0 Å².